The summed E-state index contributed by atoms with van der Waals surface area (Å²) in [6.07, 6.45) is 2.36. The molecule has 0 aliphatic carbocycles. The van der Waals surface area contributed by atoms with Crippen molar-refractivity contribution < 1.29 is 18.7 Å². The lowest BCUT2D eigenvalue weighted by atomic mass is 9.76. The minimum atomic E-state index is -0.592. The van der Waals surface area contributed by atoms with E-state index in [4.69, 9.17) is 9.47 Å². The van der Waals surface area contributed by atoms with E-state index in [0.717, 1.165) is 11.3 Å². The zero-order valence-corrected chi connectivity index (χ0v) is 18.4. The van der Waals surface area contributed by atoms with E-state index >= 15 is 0 Å². The third kappa shape index (κ3) is 3.98. The smallest absolute Gasteiger partial charge is 0.321 e. The van der Waals surface area contributed by atoms with Crippen molar-refractivity contribution in [3.05, 3.63) is 83.4 Å². The number of benzene rings is 2. The maximum absolute atomic E-state index is 14.5. The van der Waals surface area contributed by atoms with E-state index < -0.39 is 5.41 Å². The quantitative estimate of drug-likeness (QED) is 0.627. The number of aromatic nitrogens is 1. The van der Waals surface area contributed by atoms with Gasteiger partial charge in [-0.15, -0.1) is 0 Å². The summed E-state index contributed by atoms with van der Waals surface area (Å²) in [5.74, 6) is 0.886. The normalized spacial score (nSPS) is 17.8. The first-order valence-corrected chi connectivity index (χ1v) is 10.4. The van der Waals surface area contributed by atoms with E-state index in [2.05, 4.69) is 10.3 Å². The number of amides is 2. The second kappa shape index (κ2) is 8.86. The highest BCUT2D eigenvalue weighted by Crippen LogP contribution is 2.41. The van der Waals surface area contributed by atoms with Crippen LogP contribution in [-0.4, -0.2) is 43.2 Å². The molecule has 0 bridgehead atoms. The number of nitrogens with one attached hydrogen (secondary N) is 1. The summed E-state index contributed by atoms with van der Waals surface area (Å²) >= 11 is 0. The minimum absolute atomic E-state index is 0.262. The molecule has 1 aromatic heterocycles. The van der Waals surface area contributed by atoms with Crippen molar-refractivity contribution in [2.45, 2.75) is 18.8 Å². The average molecular weight is 435 g/mol. The van der Waals surface area contributed by atoms with Gasteiger partial charge >= 0.3 is 6.03 Å². The fourth-order valence-corrected chi connectivity index (χ4v) is 4.22. The number of likely N-dealkylation sites (tertiary alicyclic amines) is 1. The second-order valence-electron chi connectivity index (χ2n) is 7.93. The summed E-state index contributed by atoms with van der Waals surface area (Å²) in [7, 11) is 3.11. The van der Waals surface area contributed by atoms with Gasteiger partial charge in [0, 0.05) is 25.4 Å². The third-order valence-electron chi connectivity index (χ3n) is 6.08. The lowest BCUT2D eigenvalue weighted by Gasteiger charge is -2.30. The molecule has 1 fully saturated rings. The second-order valence-corrected chi connectivity index (χ2v) is 7.93. The number of rotatable bonds is 5. The maximum Gasteiger partial charge on any atom is 0.321 e. The molecule has 1 aliphatic rings. The van der Waals surface area contributed by atoms with Gasteiger partial charge in [-0.2, -0.15) is 0 Å². The molecule has 4 rings (SSSR count). The molecule has 166 valence electrons. The summed E-state index contributed by atoms with van der Waals surface area (Å²) in [5, 5.41) is 2.93. The molecule has 1 saturated heterocycles. The van der Waals surface area contributed by atoms with Gasteiger partial charge in [0.15, 0.2) is 0 Å². The number of hydrogen-bond donors (Lipinski definition) is 1. The number of pyridine rings is 1. The highest BCUT2D eigenvalue weighted by atomic mass is 19.1. The number of urea groups is 1. The molecule has 1 N–H and O–H groups in total. The van der Waals surface area contributed by atoms with Gasteiger partial charge in [-0.3, -0.25) is 4.98 Å². The summed E-state index contributed by atoms with van der Waals surface area (Å²) in [5.41, 5.74) is 2.15. The fourth-order valence-electron chi connectivity index (χ4n) is 4.22. The molecule has 6 nitrogen and oxygen atoms in total. The molecule has 7 heteroatoms. The maximum atomic E-state index is 14.5. The van der Waals surface area contributed by atoms with Gasteiger partial charge in [0.25, 0.3) is 0 Å². The summed E-state index contributed by atoms with van der Waals surface area (Å²) in [6, 6.07) is 15.9. The topological polar surface area (TPSA) is 63.7 Å². The molecular weight excluding hydrogens is 409 g/mol. The molecule has 3 aromatic rings. The number of aryl methyl sites for hydroxylation is 1. The summed E-state index contributed by atoms with van der Waals surface area (Å²) < 4.78 is 25.1. The lowest BCUT2D eigenvalue weighted by Crippen LogP contribution is -2.38. The van der Waals surface area contributed by atoms with Crippen LogP contribution in [0.1, 0.15) is 23.2 Å². The summed E-state index contributed by atoms with van der Waals surface area (Å²) in [4.78, 5) is 19.5. The van der Waals surface area contributed by atoms with Crippen LogP contribution in [0.25, 0.3) is 0 Å². The molecule has 2 aromatic carbocycles. The molecule has 0 spiro atoms. The third-order valence-corrected chi connectivity index (χ3v) is 6.08. The van der Waals surface area contributed by atoms with Crippen LogP contribution in [0.2, 0.25) is 0 Å². The van der Waals surface area contributed by atoms with Crippen molar-refractivity contribution in [1.29, 1.82) is 0 Å². The van der Waals surface area contributed by atoms with Crippen LogP contribution in [0, 0.1) is 12.7 Å². The van der Waals surface area contributed by atoms with Crippen LogP contribution in [0.15, 0.2) is 60.8 Å². The zero-order chi connectivity index (χ0) is 22.7. The Morgan fingerprint density at radius 1 is 1.12 bits per heavy atom. The van der Waals surface area contributed by atoms with Crippen molar-refractivity contribution in [2.24, 2.45) is 0 Å². The number of carbonyl (C=O) groups is 1. The van der Waals surface area contributed by atoms with Crippen molar-refractivity contribution in [1.82, 2.24) is 9.88 Å². The van der Waals surface area contributed by atoms with Gasteiger partial charge in [0.1, 0.15) is 17.3 Å². The predicted molar refractivity (Wildman–Crippen MR) is 121 cm³/mol. The number of anilines is 1. The molecule has 2 amide bonds. The Morgan fingerprint density at radius 2 is 1.97 bits per heavy atom. The Balaban J connectivity index is 1.65. The van der Waals surface area contributed by atoms with Crippen molar-refractivity contribution >= 4 is 11.7 Å². The Bertz CT molecular complexity index is 1120. The molecule has 32 heavy (non-hydrogen) atoms. The van der Waals surface area contributed by atoms with Crippen molar-refractivity contribution in [3.8, 4) is 11.5 Å². The van der Waals surface area contributed by atoms with Crippen LogP contribution >= 0.6 is 0 Å². The molecule has 2 heterocycles. The van der Waals surface area contributed by atoms with E-state index in [0.29, 0.717) is 42.3 Å². The zero-order valence-electron chi connectivity index (χ0n) is 18.4. The predicted octanol–water partition coefficient (Wildman–Crippen LogP) is 4.77. The van der Waals surface area contributed by atoms with Crippen LogP contribution in [0.5, 0.6) is 11.5 Å². The first-order chi connectivity index (χ1) is 15.5. The number of nitrogens with zero attached hydrogens (tertiary/aromatic N) is 2. The minimum Gasteiger partial charge on any atom is -0.497 e. The number of halogens is 1. The molecule has 0 unspecified atom stereocenters. The molecule has 0 saturated carbocycles. The van der Waals surface area contributed by atoms with Gasteiger partial charge in [-0.1, -0.05) is 18.2 Å². The number of hydrogen-bond acceptors (Lipinski definition) is 4. The van der Waals surface area contributed by atoms with E-state index in [9.17, 15) is 9.18 Å². The van der Waals surface area contributed by atoms with Gasteiger partial charge < -0.3 is 19.7 Å². The average Bonchev–Trinajstić information content (AvgIpc) is 3.28. The lowest BCUT2D eigenvalue weighted by molar-refractivity contribution is 0.220. The van der Waals surface area contributed by atoms with Gasteiger partial charge in [-0.05, 0) is 54.8 Å². The largest absolute Gasteiger partial charge is 0.497 e. The van der Waals surface area contributed by atoms with E-state index in [1.165, 1.54) is 0 Å². The van der Waals surface area contributed by atoms with E-state index in [-0.39, 0.29) is 11.8 Å². The van der Waals surface area contributed by atoms with E-state index in [1.54, 1.807) is 62.6 Å². The highest BCUT2D eigenvalue weighted by Gasteiger charge is 2.44. The first kappa shape index (κ1) is 21.6. The standard InChI is InChI=1S/C25H26FN3O3/c1-17-7-8-18(14-20(17)26)25(23-6-4-5-12-27-23)11-13-29(16-25)24(30)28-21-15-19(31-2)9-10-22(21)32-3/h4-10,12,14-15H,11,13,16H2,1-3H3,(H,28,30)/t25-/m1/s1. The van der Waals surface area contributed by atoms with Gasteiger partial charge in [-0.25, -0.2) is 9.18 Å². The first-order valence-electron chi connectivity index (χ1n) is 10.4. The van der Waals surface area contributed by atoms with E-state index in [1.807, 2.05) is 24.3 Å². The summed E-state index contributed by atoms with van der Waals surface area (Å²) in [6.45, 7) is 2.62. The highest BCUT2D eigenvalue weighted by molar-refractivity contribution is 5.91. The number of ether oxygens (including phenoxy) is 2. The monoisotopic (exact) mass is 435 g/mol. The fraction of sp³-hybridized carbons (Fsp3) is 0.280. The SMILES string of the molecule is COc1ccc(OC)c(NC(=O)N2CC[C@@](c3ccc(C)c(F)c3)(c3ccccn3)C2)c1. The molecule has 0 radical (unpaired) electrons. The van der Waals surface area contributed by atoms with Crippen molar-refractivity contribution in [3.63, 3.8) is 0 Å². The Labute approximate surface area is 187 Å². The Morgan fingerprint density at radius 3 is 2.66 bits per heavy atom. The molecule has 1 aliphatic heterocycles. The Kier molecular flexibility index (Phi) is 5.99. The number of methoxy groups -OCH3 is 2. The van der Waals surface area contributed by atoms with Gasteiger partial charge in [0.2, 0.25) is 0 Å². The number of carbonyl (C=O) groups excluding carboxylic acids is 1. The van der Waals surface area contributed by atoms with Crippen LogP contribution in [-0.2, 0) is 5.41 Å². The molecule has 1 atom stereocenters. The molecular formula is C25H26FN3O3. The van der Waals surface area contributed by atoms with Crippen LogP contribution in [0.3, 0.4) is 0 Å². The Hall–Kier alpha value is -3.61. The van der Waals surface area contributed by atoms with Crippen LogP contribution in [0.4, 0.5) is 14.9 Å². The van der Waals surface area contributed by atoms with Gasteiger partial charge in [0.05, 0.1) is 31.0 Å². The van der Waals surface area contributed by atoms with Crippen LogP contribution < -0.4 is 14.8 Å². The van der Waals surface area contributed by atoms with Crippen molar-refractivity contribution in [2.75, 3.05) is 32.6 Å².